The van der Waals surface area contributed by atoms with Crippen molar-refractivity contribution in [2.45, 2.75) is 5.60 Å². The first-order valence-corrected chi connectivity index (χ1v) is 10.7. The van der Waals surface area contributed by atoms with Crippen LogP contribution in [0.25, 0.3) is 33.0 Å². The predicted octanol–water partition coefficient (Wildman–Crippen LogP) is 7.43. The molecule has 0 amide bonds. The summed E-state index contributed by atoms with van der Waals surface area (Å²) in [6.07, 6.45) is 0. The number of methoxy groups -OCH3 is 1. The molecule has 1 atom stereocenters. The molecule has 1 nitrogen and oxygen atoms in total. The number of hydrogen-bond donors (Lipinski definition) is 0. The average molecular weight is 399 g/mol. The van der Waals surface area contributed by atoms with Crippen molar-refractivity contribution < 1.29 is 4.74 Å². The van der Waals surface area contributed by atoms with Crippen LogP contribution in [0.3, 0.4) is 0 Å². The molecule has 0 aliphatic heterocycles. The lowest BCUT2D eigenvalue weighted by Gasteiger charge is -2.32. The van der Waals surface area contributed by atoms with E-state index in [1.807, 2.05) is 7.11 Å². The van der Waals surface area contributed by atoms with Gasteiger partial charge in [-0.2, -0.15) is 0 Å². The summed E-state index contributed by atoms with van der Waals surface area (Å²) in [5, 5.41) is 2.46. The highest BCUT2D eigenvalue weighted by Crippen LogP contribution is 2.57. The third kappa shape index (κ3) is 2.47. The van der Waals surface area contributed by atoms with Gasteiger partial charge in [-0.05, 0) is 44.7 Å². The molecule has 0 radical (unpaired) electrons. The van der Waals surface area contributed by atoms with Crippen molar-refractivity contribution in [3.63, 3.8) is 0 Å². The van der Waals surface area contributed by atoms with Crippen molar-refractivity contribution >= 4 is 10.8 Å². The molecule has 0 heterocycles. The van der Waals surface area contributed by atoms with Gasteiger partial charge < -0.3 is 4.74 Å². The van der Waals surface area contributed by atoms with Gasteiger partial charge in [0.25, 0.3) is 0 Å². The summed E-state index contributed by atoms with van der Waals surface area (Å²) in [5.74, 6) is 0. The van der Waals surface area contributed by atoms with Crippen LogP contribution in [0.1, 0.15) is 16.7 Å². The zero-order chi connectivity index (χ0) is 20.8. The molecule has 0 N–H and O–H groups in total. The monoisotopic (exact) mass is 398 g/mol. The van der Waals surface area contributed by atoms with Crippen LogP contribution in [-0.4, -0.2) is 7.11 Å². The van der Waals surface area contributed by atoms with Gasteiger partial charge in [0.15, 0.2) is 0 Å². The Labute approximate surface area is 182 Å². The van der Waals surface area contributed by atoms with Crippen molar-refractivity contribution in [3.8, 4) is 22.3 Å². The standard InChI is InChI=1S/C30H22O/c1-31-30(23-15-6-3-7-16-23)27-19-11-10-18-25(27)28-26(21-12-4-2-5-13-21)20-22-14-8-9-17-24(22)29(28)30/h2-20H,1H3/t30-/m1/s1. The molecule has 5 aromatic carbocycles. The van der Waals surface area contributed by atoms with E-state index in [0.717, 1.165) is 5.56 Å². The zero-order valence-corrected chi connectivity index (χ0v) is 17.4. The minimum absolute atomic E-state index is 0.655. The lowest BCUT2D eigenvalue weighted by molar-refractivity contribution is 0.0636. The lowest BCUT2D eigenvalue weighted by atomic mass is 9.80. The fraction of sp³-hybridized carbons (Fsp3) is 0.0667. The first kappa shape index (κ1) is 18.1. The van der Waals surface area contributed by atoms with E-state index in [1.54, 1.807) is 0 Å². The summed E-state index contributed by atoms with van der Waals surface area (Å²) in [4.78, 5) is 0. The topological polar surface area (TPSA) is 9.23 Å². The van der Waals surface area contributed by atoms with E-state index in [9.17, 15) is 0 Å². The summed E-state index contributed by atoms with van der Waals surface area (Å²) in [7, 11) is 1.84. The van der Waals surface area contributed by atoms with Crippen molar-refractivity contribution in [2.75, 3.05) is 7.11 Å². The third-order valence-electron chi connectivity index (χ3n) is 6.55. The molecule has 0 aromatic heterocycles. The summed E-state index contributed by atoms with van der Waals surface area (Å²) in [6, 6.07) is 41.0. The van der Waals surface area contributed by atoms with E-state index in [4.69, 9.17) is 4.74 Å². The Morgan fingerprint density at radius 2 is 1.26 bits per heavy atom. The van der Waals surface area contributed by atoms with Crippen LogP contribution in [0.15, 0.2) is 115 Å². The van der Waals surface area contributed by atoms with Gasteiger partial charge in [0, 0.05) is 18.2 Å². The molecule has 5 aromatic rings. The van der Waals surface area contributed by atoms with Crippen LogP contribution >= 0.6 is 0 Å². The normalized spacial score (nSPS) is 16.8. The number of ether oxygens (including phenoxy) is 1. The van der Waals surface area contributed by atoms with Gasteiger partial charge >= 0.3 is 0 Å². The largest absolute Gasteiger partial charge is 0.364 e. The molecule has 1 aliphatic carbocycles. The first-order valence-electron chi connectivity index (χ1n) is 10.7. The maximum atomic E-state index is 6.54. The number of hydrogen-bond acceptors (Lipinski definition) is 1. The smallest absolute Gasteiger partial charge is 0.145 e. The Kier molecular flexibility index (Phi) is 4.05. The van der Waals surface area contributed by atoms with Gasteiger partial charge in [-0.25, -0.2) is 0 Å². The van der Waals surface area contributed by atoms with E-state index in [0.29, 0.717) is 0 Å². The molecular formula is C30H22O. The molecule has 0 unspecified atom stereocenters. The molecule has 6 rings (SSSR count). The Morgan fingerprint density at radius 3 is 2.03 bits per heavy atom. The van der Waals surface area contributed by atoms with Gasteiger partial charge in [-0.1, -0.05) is 109 Å². The highest BCUT2D eigenvalue weighted by Gasteiger charge is 2.47. The molecule has 31 heavy (non-hydrogen) atoms. The molecule has 0 saturated heterocycles. The SMILES string of the molecule is CO[C@]1(c2ccccc2)c2ccccc2-c2c(-c3ccccc3)cc3ccccc3c21. The minimum atomic E-state index is -0.655. The molecular weight excluding hydrogens is 376 g/mol. The van der Waals surface area contributed by atoms with Crippen molar-refractivity contribution in [3.05, 3.63) is 132 Å². The summed E-state index contributed by atoms with van der Waals surface area (Å²) in [6.45, 7) is 0. The van der Waals surface area contributed by atoms with Crippen molar-refractivity contribution in [2.24, 2.45) is 0 Å². The van der Waals surface area contributed by atoms with Crippen LogP contribution in [0.4, 0.5) is 0 Å². The lowest BCUT2D eigenvalue weighted by Crippen LogP contribution is -2.29. The molecule has 1 heteroatoms. The second kappa shape index (κ2) is 6.94. The molecule has 1 aliphatic rings. The molecule has 0 bridgehead atoms. The highest BCUT2D eigenvalue weighted by atomic mass is 16.5. The molecule has 0 spiro atoms. The zero-order valence-electron chi connectivity index (χ0n) is 17.4. The van der Waals surface area contributed by atoms with E-state index in [-0.39, 0.29) is 0 Å². The maximum Gasteiger partial charge on any atom is 0.145 e. The Hall–Kier alpha value is -3.68. The average Bonchev–Trinajstić information content (AvgIpc) is 3.16. The minimum Gasteiger partial charge on any atom is -0.364 e. The van der Waals surface area contributed by atoms with Crippen LogP contribution in [-0.2, 0) is 10.3 Å². The van der Waals surface area contributed by atoms with Crippen LogP contribution in [0.2, 0.25) is 0 Å². The highest BCUT2D eigenvalue weighted by molar-refractivity contribution is 6.05. The number of rotatable bonds is 3. The summed E-state index contributed by atoms with van der Waals surface area (Å²) < 4.78 is 6.54. The molecule has 0 saturated carbocycles. The van der Waals surface area contributed by atoms with Gasteiger partial charge in [0.2, 0.25) is 0 Å². The van der Waals surface area contributed by atoms with Crippen LogP contribution in [0, 0.1) is 0 Å². The maximum absolute atomic E-state index is 6.54. The number of benzene rings is 5. The van der Waals surface area contributed by atoms with Crippen molar-refractivity contribution in [1.29, 1.82) is 0 Å². The third-order valence-corrected chi connectivity index (χ3v) is 6.55. The Bertz CT molecular complexity index is 1400. The van der Waals surface area contributed by atoms with Gasteiger partial charge in [0.1, 0.15) is 5.60 Å². The fourth-order valence-corrected chi connectivity index (χ4v) is 5.28. The summed E-state index contributed by atoms with van der Waals surface area (Å²) in [5.41, 5.74) is 7.91. The second-order valence-electron chi connectivity index (χ2n) is 8.06. The van der Waals surface area contributed by atoms with E-state index in [1.165, 1.54) is 44.2 Å². The first-order chi connectivity index (χ1) is 15.3. The Balaban J connectivity index is 1.85. The second-order valence-corrected chi connectivity index (χ2v) is 8.06. The van der Waals surface area contributed by atoms with Gasteiger partial charge in [-0.3, -0.25) is 0 Å². The van der Waals surface area contributed by atoms with E-state index in [2.05, 4.69) is 115 Å². The molecule has 148 valence electrons. The van der Waals surface area contributed by atoms with Crippen LogP contribution < -0.4 is 0 Å². The van der Waals surface area contributed by atoms with Gasteiger partial charge in [-0.15, -0.1) is 0 Å². The molecule has 0 fully saturated rings. The summed E-state index contributed by atoms with van der Waals surface area (Å²) >= 11 is 0. The van der Waals surface area contributed by atoms with E-state index >= 15 is 0 Å². The predicted molar refractivity (Wildman–Crippen MR) is 128 cm³/mol. The van der Waals surface area contributed by atoms with Crippen molar-refractivity contribution in [1.82, 2.24) is 0 Å². The van der Waals surface area contributed by atoms with Crippen LogP contribution in [0.5, 0.6) is 0 Å². The number of fused-ring (bicyclic) bond motifs is 5. The fourth-order valence-electron chi connectivity index (χ4n) is 5.28. The Morgan fingerprint density at radius 1 is 0.613 bits per heavy atom. The van der Waals surface area contributed by atoms with E-state index < -0.39 is 5.60 Å². The quantitative estimate of drug-likeness (QED) is 0.307. The van der Waals surface area contributed by atoms with Gasteiger partial charge in [0.05, 0.1) is 0 Å².